The number of likely N-dealkylation sites (N-methyl/N-ethyl adjacent to an activating group) is 1. The van der Waals surface area contributed by atoms with Crippen molar-refractivity contribution in [2.75, 3.05) is 7.05 Å². The molecule has 0 heterocycles. The minimum atomic E-state index is -3.55. The standard InChI is InChI=1S/C17H30FN3O2SSi/c1-16(2,3)25(5,6)21-24(19,23)14-8-7-12(11-13(14)18)17(9-10-17)15(22)20-4/h7-8,11,24H,9-10H2,1-6H3,(H,20,22)(H3,19,21,23). The maximum atomic E-state index is 14.7. The Balaban J connectivity index is 2.35. The summed E-state index contributed by atoms with van der Waals surface area (Å²) in [4.78, 5) is 12.1. The number of benzene rings is 1. The predicted octanol–water partition coefficient (Wildman–Crippen LogP) is 2.36. The van der Waals surface area contributed by atoms with Crippen molar-refractivity contribution in [3.63, 3.8) is 0 Å². The van der Waals surface area contributed by atoms with E-state index in [2.05, 4.69) is 30.5 Å². The molecule has 1 aliphatic rings. The molecule has 0 bridgehead atoms. The summed E-state index contributed by atoms with van der Waals surface area (Å²) in [5.41, 5.74) is -0.0417. The number of hydrogen-bond acceptors (Lipinski definition) is 2. The van der Waals surface area contributed by atoms with E-state index in [4.69, 9.17) is 5.14 Å². The van der Waals surface area contributed by atoms with Crippen LogP contribution in [-0.2, 0) is 20.5 Å². The second-order valence-corrected chi connectivity index (χ2v) is 15.9. The van der Waals surface area contributed by atoms with Gasteiger partial charge in [-0.25, -0.2) is 4.39 Å². The number of hydrogen-bond donors (Lipinski definition) is 4. The second kappa shape index (κ2) is 6.26. The molecule has 0 radical (unpaired) electrons. The quantitative estimate of drug-likeness (QED) is 0.462. The lowest BCUT2D eigenvalue weighted by molar-refractivity contribution is -0.123. The van der Waals surface area contributed by atoms with Gasteiger partial charge in [-0.1, -0.05) is 39.9 Å². The lowest BCUT2D eigenvalue weighted by atomic mass is 9.95. The van der Waals surface area contributed by atoms with E-state index < -0.39 is 29.8 Å². The van der Waals surface area contributed by atoms with Crippen LogP contribution in [0.15, 0.2) is 23.1 Å². The van der Waals surface area contributed by atoms with Crippen molar-refractivity contribution >= 4 is 24.4 Å². The highest BCUT2D eigenvalue weighted by molar-refractivity contribution is 8.00. The fraction of sp³-hybridized carbons (Fsp3) is 0.588. The van der Waals surface area contributed by atoms with Crippen LogP contribution >= 0.6 is 0 Å². The Morgan fingerprint density at radius 1 is 1.32 bits per heavy atom. The van der Waals surface area contributed by atoms with Gasteiger partial charge in [-0.2, -0.15) is 0 Å². The van der Waals surface area contributed by atoms with Crippen molar-refractivity contribution in [2.24, 2.45) is 5.14 Å². The van der Waals surface area contributed by atoms with Gasteiger partial charge in [0.15, 0.2) is 0 Å². The molecule has 0 atom stereocenters. The highest BCUT2D eigenvalue weighted by Gasteiger charge is 2.51. The SMILES string of the molecule is CNC(=O)C1(c2ccc([SH](N)(=O)N[Si](C)(C)C(C)(C)C)c(F)c2)CC1. The molecule has 25 heavy (non-hydrogen) atoms. The van der Waals surface area contributed by atoms with E-state index in [1.54, 1.807) is 13.1 Å². The third-order valence-corrected chi connectivity index (χ3v) is 14.0. The maximum absolute atomic E-state index is 14.7. The van der Waals surface area contributed by atoms with E-state index in [0.29, 0.717) is 18.4 Å². The van der Waals surface area contributed by atoms with Gasteiger partial charge in [-0.15, -0.1) is 0 Å². The van der Waals surface area contributed by atoms with Crippen molar-refractivity contribution in [1.29, 1.82) is 0 Å². The van der Waals surface area contributed by atoms with Gasteiger partial charge in [0.2, 0.25) is 5.91 Å². The highest BCUT2D eigenvalue weighted by Crippen LogP contribution is 2.48. The first kappa shape index (κ1) is 20.2. The van der Waals surface area contributed by atoms with Crippen molar-refractivity contribution < 1.29 is 13.4 Å². The van der Waals surface area contributed by atoms with Gasteiger partial charge in [0.1, 0.15) is 14.1 Å². The average molecular weight is 388 g/mol. The summed E-state index contributed by atoms with van der Waals surface area (Å²) in [6, 6.07) is 4.45. The van der Waals surface area contributed by atoms with Crippen LogP contribution in [0.5, 0.6) is 0 Å². The summed E-state index contributed by atoms with van der Waals surface area (Å²) in [7, 11) is -4.15. The lowest BCUT2D eigenvalue weighted by Crippen LogP contribution is -2.59. The molecule has 0 unspecified atom stereocenters. The molecule has 8 heteroatoms. The van der Waals surface area contributed by atoms with Crippen molar-refractivity contribution in [2.45, 2.75) is 62.1 Å². The van der Waals surface area contributed by atoms with E-state index in [1.807, 2.05) is 13.1 Å². The predicted molar refractivity (Wildman–Crippen MR) is 104 cm³/mol. The molecular weight excluding hydrogens is 357 g/mol. The topological polar surface area (TPSA) is 84.2 Å². The molecule has 0 aliphatic heterocycles. The van der Waals surface area contributed by atoms with Crippen molar-refractivity contribution in [3.05, 3.63) is 29.6 Å². The summed E-state index contributed by atoms with van der Waals surface area (Å²) >= 11 is 0. The fourth-order valence-electron chi connectivity index (χ4n) is 2.73. The Morgan fingerprint density at radius 3 is 2.28 bits per heavy atom. The van der Waals surface area contributed by atoms with Gasteiger partial charge in [0, 0.05) is 17.4 Å². The first-order chi connectivity index (χ1) is 11.3. The minimum Gasteiger partial charge on any atom is -0.358 e. The third kappa shape index (κ3) is 3.72. The summed E-state index contributed by atoms with van der Waals surface area (Å²) < 4.78 is 30.9. The Hall–Kier alpha value is -1.09. The van der Waals surface area contributed by atoms with Crippen LogP contribution in [0.1, 0.15) is 39.2 Å². The van der Waals surface area contributed by atoms with Crippen molar-refractivity contribution in [3.8, 4) is 0 Å². The van der Waals surface area contributed by atoms with E-state index in [0.717, 1.165) is 0 Å². The largest absolute Gasteiger partial charge is 0.358 e. The number of nitrogens with one attached hydrogen (secondary N) is 2. The average Bonchev–Trinajstić information content (AvgIpc) is 3.25. The number of nitrogens with two attached hydrogens (primary N) is 1. The molecule has 142 valence electrons. The molecule has 0 aromatic heterocycles. The molecule has 4 N–H and O–H groups in total. The monoisotopic (exact) mass is 387 g/mol. The van der Waals surface area contributed by atoms with E-state index >= 15 is 0 Å². The van der Waals surface area contributed by atoms with Crippen LogP contribution in [0.4, 0.5) is 4.39 Å². The van der Waals surface area contributed by atoms with Gasteiger partial charge in [-0.3, -0.25) is 18.5 Å². The van der Waals surface area contributed by atoms with Crippen molar-refractivity contribution in [1.82, 2.24) is 9.70 Å². The molecule has 1 fully saturated rings. The summed E-state index contributed by atoms with van der Waals surface area (Å²) in [6.07, 6.45) is 1.38. The Labute approximate surface area is 151 Å². The van der Waals surface area contributed by atoms with E-state index in [9.17, 15) is 13.4 Å². The molecule has 1 aromatic carbocycles. The molecule has 1 aromatic rings. The molecule has 1 aliphatic carbocycles. The molecule has 1 saturated carbocycles. The van der Waals surface area contributed by atoms with Gasteiger partial charge in [-0.05, 0) is 35.6 Å². The summed E-state index contributed by atoms with van der Waals surface area (Å²) in [6.45, 7) is 10.2. The minimum absolute atomic E-state index is 0.00576. The van der Waals surface area contributed by atoms with E-state index in [-0.39, 0.29) is 15.8 Å². The maximum Gasteiger partial charge on any atom is 0.230 e. The number of halogens is 1. The number of rotatable bonds is 5. The zero-order valence-electron chi connectivity index (χ0n) is 15.9. The molecule has 1 amide bonds. The normalized spacial score (nSPS) is 17.9. The van der Waals surface area contributed by atoms with Crippen LogP contribution in [0, 0.1) is 5.82 Å². The summed E-state index contributed by atoms with van der Waals surface area (Å²) in [5, 5.41) is 8.59. The van der Waals surface area contributed by atoms with Crippen LogP contribution in [0.25, 0.3) is 0 Å². The first-order valence-corrected chi connectivity index (χ1v) is 13.3. The zero-order valence-corrected chi connectivity index (χ0v) is 17.8. The van der Waals surface area contributed by atoms with E-state index in [1.165, 1.54) is 12.1 Å². The summed E-state index contributed by atoms with van der Waals surface area (Å²) in [5.74, 6) is -0.736. The first-order valence-electron chi connectivity index (χ1n) is 8.48. The Bertz CT molecular complexity index is 742. The molecule has 0 saturated heterocycles. The molecular formula is C17H30FN3O2SSi. The lowest BCUT2D eigenvalue weighted by Gasteiger charge is -2.41. The Morgan fingerprint density at radius 2 is 1.88 bits per heavy atom. The fourth-order valence-corrected chi connectivity index (χ4v) is 8.55. The highest BCUT2D eigenvalue weighted by atomic mass is 32.3. The number of thiol groups is 1. The molecule has 2 rings (SSSR count). The van der Waals surface area contributed by atoms with Gasteiger partial charge < -0.3 is 5.32 Å². The van der Waals surface area contributed by atoms with Gasteiger partial charge >= 0.3 is 0 Å². The van der Waals surface area contributed by atoms with Crippen LogP contribution in [0.2, 0.25) is 18.1 Å². The number of amides is 1. The van der Waals surface area contributed by atoms with Crippen LogP contribution in [0.3, 0.4) is 0 Å². The molecule has 0 spiro atoms. The van der Waals surface area contributed by atoms with Gasteiger partial charge in [0.25, 0.3) is 0 Å². The van der Waals surface area contributed by atoms with Gasteiger partial charge in [0.05, 0.1) is 10.3 Å². The van der Waals surface area contributed by atoms with Crippen LogP contribution < -0.4 is 14.8 Å². The van der Waals surface area contributed by atoms with Crippen LogP contribution in [-0.4, -0.2) is 25.4 Å². The smallest absolute Gasteiger partial charge is 0.230 e. The molecule has 5 nitrogen and oxygen atoms in total. The number of carbonyl (C=O) groups is 1. The zero-order chi connectivity index (χ0) is 19.3. The third-order valence-electron chi connectivity index (χ3n) is 5.59. The number of carbonyl (C=O) groups excluding carboxylic acids is 1. The Kier molecular flexibility index (Phi) is 5.06. The second-order valence-electron chi connectivity index (χ2n) is 8.47.